The molecular weight excluding hydrogens is 479 g/mol. The van der Waals surface area contributed by atoms with Crippen LogP contribution in [0.15, 0.2) is 53.8 Å². The fraction of sp³-hybridized carbons (Fsp3) is 0.481. The molecule has 1 N–H and O–H groups in total. The van der Waals surface area contributed by atoms with E-state index in [2.05, 4.69) is 20.1 Å². The first-order valence-corrected chi connectivity index (χ1v) is 13.4. The van der Waals surface area contributed by atoms with Crippen molar-refractivity contribution in [3.63, 3.8) is 0 Å². The summed E-state index contributed by atoms with van der Waals surface area (Å²) in [5.41, 5.74) is 1.39. The number of halogens is 1. The van der Waals surface area contributed by atoms with Gasteiger partial charge >= 0.3 is 5.97 Å². The van der Waals surface area contributed by atoms with Crippen LogP contribution < -0.4 is 4.74 Å². The van der Waals surface area contributed by atoms with E-state index in [0.29, 0.717) is 30.1 Å². The zero-order valence-electron chi connectivity index (χ0n) is 20.6. The molecule has 3 heterocycles. The van der Waals surface area contributed by atoms with Crippen LogP contribution in [0.2, 0.25) is 0 Å². The fourth-order valence-corrected chi connectivity index (χ4v) is 5.92. The fourth-order valence-electron chi connectivity index (χ4n) is 5.08. The number of methoxy groups -OCH3 is 1. The second-order valence-corrected chi connectivity index (χ2v) is 10.4. The average Bonchev–Trinajstić information content (AvgIpc) is 2.91. The molecule has 0 bridgehead atoms. The molecule has 4 rings (SSSR count). The third-order valence-corrected chi connectivity index (χ3v) is 7.92. The number of aliphatic carboxylic acids is 1. The summed E-state index contributed by atoms with van der Waals surface area (Å²) in [6.45, 7) is 2.71. The van der Waals surface area contributed by atoms with E-state index >= 15 is 4.39 Å². The molecule has 1 unspecified atom stereocenters. The van der Waals surface area contributed by atoms with Crippen LogP contribution >= 0.6 is 11.8 Å². The Morgan fingerprint density at radius 1 is 1.25 bits per heavy atom. The van der Waals surface area contributed by atoms with E-state index in [-0.39, 0.29) is 12.3 Å². The number of alkyl halides is 1. The number of carboxylic acids is 1. The molecule has 3 aromatic rings. The van der Waals surface area contributed by atoms with Crippen LogP contribution in [0.3, 0.4) is 0 Å². The first-order valence-electron chi connectivity index (χ1n) is 12.4. The lowest BCUT2D eigenvalue weighted by atomic mass is 9.79. The van der Waals surface area contributed by atoms with Gasteiger partial charge in [-0.25, -0.2) is 4.39 Å². The van der Waals surface area contributed by atoms with Crippen molar-refractivity contribution >= 4 is 28.6 Å². The summed E-state index contributed by atoms with van der Waals surface area (Å²) >= 11 is 1.68. The molecule has 2 aromatic heterocycles. The second kappa shape index (κ2) is 13.0. The van der Waals surface area contributed by atoms with Crippen molar-refractivity contribution in [3.8, 4) is 5.75 Å². The number of rotatable bonds is 12. The number of nitrogens with zero attached hydrogens (tertiary/aromatic N) is 4. The standard InChI is InChI=1S/C27H33FN4O3S/c1-35-21-6-8-25-23(17-21)22(10-13-29-25)24(28)7-4-19-11-14-32(18-20(19)5-9-27(33)34)15-16-36-26-3-2-12-30-31-26/h2-3,6,8,10,12-13,17,19-20,24H,4-5,7,9,11,14-16,18H2,1H3,(H,33,34)/t19-,20+,24?/m1/s1. The van der Waals surface area contributed by atoms with Gasteiger partial charge in [0.2, 0.25) is 0 Å². The number of aromatic nitrogens is 3. The normalized spacial score (nSPS) is 19.3. The monoisotopic (exact) mass is 512 g/mol. The van der Waals surface area contributed by atoms with Gasteiger partial charge in [0.25, 0.3) is 0 Å². The van der Waals surface area contributed by atoms with Crippen molar-refractivity contribution in [2.45, 2.75) is 43.3 Å². The molecule has 3 atom stereocenters. The number of carbonyl (C=O) groups is 1. The lowest BCUT2D eigenvalue weighted by Gasteiger charge is -2.39. The zero-order chi connectivity index (χ0) is 25.3. The van der Waals surface area contributed by atoms with E-state index in [4.69, 9.17) is 4.74 Å². The largest absolute Gasteiger partial charge is 0.497 e. The van der Waals surface area contributed by atoms with Gasteiger partial charge < -0.3 is 14.7 Å². The van der Waals surface area contributed by atoms with Crippen LogP contribution in [0.1, 0.15) is 43.8 Å². The van der Waals surface area contributed by atoms with Gasteiger partial charge in [0.05, 0.1) is 12.6 Å². The van der Waals surface area contributed by atoms with Gasteiger partial charge in [0.15, 0.2) is 0 Å². The van der Waals surface area contributed by atoms with Crippen molar-refractivity contribution in [1.82, 2.24) is 20.1 Å². The first-order chi connectivity index (χ1) is 17.5. The van der Waals surface area contributed by atoms with E-state index in [9.17, 15) is 9.90 Å². The summed E-state index contributed by atoms with van der Waals surface area (Å²) in [6.07, 6.45) is 5.09. The minimum atomic E-state index is -1.11. The van der Waals surface area contributed by atoms with Gasteiger partial charge in [0.1, 0.15) is 16.9 Å². The molecule has 0 amide bonds. The van der Waals surface area contributed by atoms with Crippen LogP contribution in [0.5, 0.6) is 5.75 Å². The highest BCUT2D eigenvalue weighted by Gasteiger charge is 2.30. The number of likely N-dealkylation sites (tertiary alicyclic amines) is 1. The molecule has 36 heavy (non-hydrogen) atoms. The number of thioether (sulfide) groups is 1. The van der Waals surface area contributed by atoms with Crippen molar-refractivity contribution < 1.29 is 19.0 Å². The SMILES string of the molecule is COc1ccc2nccc(C(F)CC[C@@H]3CCN(CCSc4cccnn4)C[C@@H]3CCC(=O)O)c2c1. The maximum Gasteiger partial charge on any atom is 0.303 e. The molecule has 1 fully saturated rings. The number of carboxylic acid groups (broad SMARTS) is 1. The third-order valence-electron chi connectivity index (χ3n) is 7.02. The number of piperidine rings is 1. The van der Waals surface area contributed by atoms with Crippen molar-refractivity contribution in [2.24, 2.45) is 11.8 Å². The maximum atomic E-state index is 15.5. The molecule has 192 valence electrons. The predicted molar refractivity (Wildman–Crippen MR) is 139 cm³/mol. The van der Waals surface area contributed by atoms with Crippen LogP contribution in [-0.2, 0) is 4.79 Å². The van der Waals surface area contributed by atoms with Crippen LogP contribution in [-0.4, -0.2) is 63.7 Å². The van der Waals surface area contributed by atoms with Crippen molar-refractivity contribution in [3.05, 3.63) is 54.4 Å². The Morgan fingerprint density at radius 2 is 2.14 bits per heavy atom. The summed E-state index contributed by atoms with van der Waals surface area (Å²) < 4.78 is 20.8. The molecule has 0 radical (unpaired) electrons. The molecule has 0 saturated carbocycles. The quantitative estimate of drug-likeness (QED) is 0.322. The van der Waals surface area contributed by atoms with Gasteiger partial charge in [-0.15, -0.1) is 16.9 Å². The van der Waals surface area contributed by atoms with Crippen LogP contribution in [0, 0.1) is 11.8 Å². The smallest absolute Gasteiger partial charge is 0.303 e. The summed E-state index contributed by atoms with van der Waals surface area (Å²) in [7, 11) is 1.60. The lowest BCUT2D eigenvalue weighted by Crippen LogP contribution is -2.41. The summed E-state index contributed by atoms with van der Waals surface area (Å²) in [5.74, 6) is 1.37. The number of pyridine rings is 1. The predicted octanol–water partition coefficient (Wildman–Crippen LogP) is 5.42. The Labute approximate surface area is 215 Å². The van der Waals surface area contributed by atoms with E-state index in [1.165, 1.54) is 0 Å². The highest BCUT2D eigenvalue weighted by Crippen LogP contribution is 2.36. The van der Waals surface area contributed by atoms with Gasteiger partial charge in [-0.2, -0.15) is 5.10 Å². The van der Waals surface area contributed by atoms with Gasteiger partial charge in [-0.3, -0.25) is 9.78 Å². The molecule has 1 aromatic carbocycles. The van der Waals surface area contributed by atoms with Crippen molar-refractivity contribution in [1.29, 1.82) is 0 Å². The van der Waals surface area contributed by atoms with E-state index in [1.807, 2.05) is 30.3 Å². The molecule has 1 saturated heterocycles. The number of hydrogen-bond donors (Lipinski definition) is 1. The number of fused-ring (bicyclic) bond motifs is 1. The first kappa shape index (κ1) is 26.3. The highest BCUT2D eigenvalue weighted by atomic mass is 32.2. The van der Waals surface area contributed by atoms with Gasteiger partial charge in [-0.05, 0) is 86.0 Å². The van der Waals surface area contributed by atoms with E-state index < -0.39 is 12.1 Å². The molecule has 1 aliphatic heterocycles. The zero-order valence-corrected chi connectivity index (χ0v) is 21.4. The number of benzene rings is 1. The maximum absolute atomic E-state index is 15.5. The Bertz CT molecular complexity index is 1140. The summed E-state index contributed by atoms with van der Waals surface area (Å²) in [5, 5.41) is 19.0. The topological polar surface area (TPSA) is 88.4 Å². The Balaban J connectivity index is 1.35. The van der Waals surface area contributed by atoms with Gasteiger partial charge in [-0.1, -0.05) is 0 Å². The van der Waals surface area contributed by atoms with Gasteiger partial charge in [0, 0.05) is 43.0 Å². The van der Waals surface area contributed by atoms with Crippen LogP contribution in [0.25, 0.3) is 10.9 Å². The minimum absolute atomic E-state index is 0.150. The lowest BCUT2D eigenvalue weighted by molar-refractivity contribution is -0.137. The third kappa shape index (κ3) is 7.13. The number of ether oxygens (including phenoxy) is 1. The highest BCUT2D eigenvalue weighted by molar-refractivity contribution is 7.99. The Kier molecular flexibility index (Phi) is 9.47. The minimum Gasteiger partial charge on any atom is -0.497 e. The Morgan fingerprint density at radius 3 is 2.92 bits per heavy atom. The van der Waals surface area contributed by atoms with Crippen LogP contribution in [0.4, 0.5) is 4.39 Å². The summed E-state index contributed by atoms with van der Waals surface area (Å²) in [4.78, 5) is 18.0. The molecule has 7 nitrogen and oxygen atoms in total. The number of hydrogen-bond acceptors (Lipinski definition) is 7. The average molecular weight is 513 g/mol. The summed E-state index contributed by atoms with van der Waals surface area (Å²) in [6, 6.07) is 11.1. The molecule has 9 heteroatoms. The molecular formula is C27H33FN4O3S. The molecule has 1 aliphatic rings. The van der Waals surface area contributed by atoms with E-state index in [1.54, 1.807) is 37.3 Å². The Hall–Kier alpha value is -2.78. The van der Waals surface area contributed by atoms with Crippen molar-refractivity contribution in [2.75, 3.05) is 32.5 Å². The molecule has 0 aliphatic carbocycles. The molecule has 0 spiro atoms. The van der Waals surface area contributed by atoms with E-state index in [0.717, 1.165) is 54.2 Å². The second-order valence-electron chi connectivity index (χ2n) is 9.28.